The van der Waals surface area contributed by atoms with Gasteiger partial charge in [-0.25, -0.2) is 8.78 Å². The number of methoxy groups -OCH3 is 1. The summed E-state index contributed by atoms with van der Waals surface area (Å²) in [5.74, 6) is -1.67. The van der Waals surface area contributed by atoms with Crippen molar-refractivity contribution in [3.8, 4) is 5.75 Å². The van der Waals surface area contributed by atoms with Crippen LogP contribution in [0.25, 0.3) is 0 Å². The normalized spacial score (nSPS) is 10.4. The lowest BCUT2D eigenvalue weighted by molar-refractivity contribution is 0.102. The van der Waals surface area contributed by atoms with Crippen LogP contribution in [0.2, 0.25) is 5.02 Å². The molecule has 0 spiro atoms. The van der Waals surface area contributed by atoms with Gasteiger partial charge in [-0.1, -0.05) is 17.7 Å². The van der Waals surface area contributed by atoms with Crippen LogP contribution in [0.15, 0.2) is 48.5 Å². The molecule has 1 amide bonds. The van der Waals surface area contributed by atoms with Crippen LogP contribution in [0.4, 0.5) is 26.0 Å². The second-order valence-electron chi connectivity index (χ2n) is 5.33. The van der Waals surface area contributed by atoms with Crippen molar-refractivity contribution >= 4 is 34.7 Å². The van der Waals surface area contributed by atoms with Gasteiger partial charge in [-0.05, 0) is 42.5 Å². The number of anilines is 3. The van der Waals surface area contributed by atoms with Crippen molar-refractivity contribution in [3.05, 3.63) is 70.9 Å². The minimum absolute atomic E-state index is 0.101. The van der Waals surface area contributed by atoms with E-state index < -0.39 is 23.2 Å². The largest absolute Gasteiger partial charge is 0.495 e. The number of nitrogens with one attached hydrogen (secondary N) is 2. The van der Waals surface area contributed by atoms with Gasteiger partial charge in [0.15, 0.2) is 11.5 Å². The molecule has 2 N–H and O–H groups in total. The molecule has 0 unspecified atom stereocenters. The first kappa shape index (κ1) is 18.5. The fraction of sp³-hybridized carbons (Fsp3) is 0.0556. The summed E-state index contributed by atoms with van der Waals surface area (Å²) in [7, 11) is 1.51. The standard InChI is InChI=1S/C18H13ClF2N4O2/c1-27-15-7-5-10(9-11(15)19)22-16-8-6-14(24-25-16)18(26)23-17-12(20)3-2-4-13(17)21/h2-9H,1H3,(H,22,25)(H,23,26). The predicted octanol–water partition coefficient (Wildman–Crippen LogP) is 4.41. The van der Waals surface area contributed by atoms with Gasteiger partial charge in [0.1, 0.15) is 23.1 Å². The molecule has 0 atom stereocenters. The molecular formula is C18H13ClF2N4O2. The Bertz CT molecular complexity index is 963. The molecule has 0 aliphatic rings. The number of carbonyl (C=O) groups is 1. The maximum Gasteiger partial charge on any atom is 0.276 e. The second-order valence-corrected chi connectivity index (χ2v) is 5.74. The molecule has 0 aliphatic carbocycles. The Morgan fingerprint density at radius 3 is 2.41 bits per heavy atom. The Morgan fingerprint density at radius 2 is 1.81 bits per heavy atom. The number of benzene rings is 2. The SMILES string of the molecule is COc1ccc(Nc2ccc(C(=O)Nc3c(F)cccc3F)nn2)cc1Cl. The van der Waals surface area contributed by atoms with E-state index >= 15 is 0 Å². The minimum atomic E-state index is -0.883. The summed E-state index contributed by atoms with van der Waals surface area (Å²) in [5, 5.41) is 13.2. The van der Waals surface area contributed by atoms with Gasteiger partial charge >= 0.3 is 0 Å². The van der Waals surface area contributed by atoms with E-state index in [0.29, 0.717) is 22.3 Å². The van der Waals surface area contributed by atoms with Crippen molar-refractivity contribution < 1.29 is 18.3 Å². The summed E-state index contributed by atoms with van der Waals surface area (Å²) in [6.45, 7) is 0. The average Bonchev–Trinajstić information content (AvgIpc) is 2.65. The van der Waals surface area contributed by atoms with E-state index in [1.807, 2.05) is 0 Å². The molecule has 138 valence electrons. The maximum absolute atomic E-state index is 13.6. The van der Waals surface area contributed by atoms with E-state index in [-0.39, 0.29) is 5.69 Å². The zero-order valence-electron chi connectivity index (χ0n) is 14.0. The average molecular weight is 391 g/mol. The highest BCUT2D eigenvalue weighted by atomic mass is 35.5. The predicted molar refractivity (Wildman–Crippen MR) is 97.6 cm³/mol. The zero-order valence-corrected chi connectivity index (χ0v) is 14.7. The first-order valence-corrected chi connectivity index (χ1v) is 8.05. The van der Waals surface area contributed by atoms with E-state index in [4.69, 9.17) is 16.3 Å². The van der Waals surface area contributed by atoms with Crippen LogP contribution < -0.4 is 15.4 Å². The molecule has 1 heterocycles. The second kappa shape index (κ2) is 7.96. The van der Waals surface area contributed by atoms with Crippen molar-refractivity contribution in [2.45, 2.75) is 0 Å². The van der Waals surface area contributed by atoms with E-state index in [2.05, 4.69) is 20.8 Å². The van der Waals surface area contributed by atoms with Gasteiger partial charge in [0.05, 0.1) is 12.1 Å². The molecule has 3 aromatic rings. The lowest BCUT2D eigenvalue weighted by atomic mass is 10.2. The lowest BCUT2D eigenvalue weighted by Crippen LogP contribution is -2.16. The fourth-order valence-corrected chi connectivity index (χ4v) is 2.46. The molecule has 0 bridgehead atoms. The molecule has 27 heavy (non-hydrogen) atoms. The van der Waals surface area contributed by atoms with E-state index in [1.54, 1.807) is 18.2 Å². The minimum Gasteiger partial charge on any atom is -0.495 e. The third-order valence-corrected chi connectivity index (χ3v) is 3.82. The van der Waals surface area contributed by atoms with Crippen LogP contribution >= 0.6 is 11.6 Å². The van der Waals surface area contributed by atoms with Crippen molar-refractivity contribution in [1.29, 1.82) is 0 Å². The number of halogens is 3. The number of hydrogen-bond donors (Lipinski definition) is 2. The van der Waals surface area contributed by atoms with Gasteiger partial charge in [0, 0.05) is 5.69 Å². The van der Waals surface area contributed by atoms with Gasteiger partial charge in [-0.15, -0.1) is 10.2 Å². The molecule has 6 nitrogen and oxygen atoms in total. The van der Waals surface area contributed by atoms with Gasteiger partial charge < -0.3 is 15.4 Å². The van der Waals surface area contributed by atoms with E-state index in [9.17, 15) is 13.6 Å². The molecular weight excluding hydrogens is 378 g/mol. The zero-order chi connectivity index (χ0) is 19.4. The third kappa shape index (κ3) is 4.29. The molecule has 0 saturated carbocycles. The first-order chi connectivity index (χ1) is 13.0. The summed E-state index contributed by atoms with van der Waals surface area (Å²) >= 11 is 6.05. The Kier molecular flexibility index (Phi) is 5.46. The first-order valence-electron chi connectivity index (χ1n) is 7.67. The summed E-state index contributed by atoms with van der Waals surface area (Å²) in [5.41, 5.74) is -0.00364. The van der Waals surface area contributed by atoms with Crippen molar-refractivity contribution in [3.63, 3.8) is 0 Å². The molecule has 2 aromatic carbocycles. The number of para-hydroxylation sites is 1. The molecule has 0 aliphatic heterocycles. The van der Waals surface area contributed by atoms with Gasteiger partial charge in [0.2, 0.25) is 0 Å². The fourth-order valence-electron chi connectivity index (χ4n) is 2.21. The molecule has 1 aromatic heterocycles. The smallest absolute Gasteiger partial charge is 0.276 e. The van der Waals surface area contributed by atoms with E-state index in [1.165, 1.54) is 25.3 Å². The Labute approximate surface area is 158 Å². The monoisotopic (exact) mass is 390 g/mol. The van der Waals surface area contributed by atoms with Crippen LogP contribution in [0, 0.1) is 11.6 Å². The number of rotatable bonds is 5. The summed E-state index contributed by atoms with van der Waals surface area (Å²) in [6.07, 6.45) is 0. The Morgan fingerprint density at radius 1 is 1.07 bits per heavy atom. The molecule has 3 rings (SSSR count). The number of ether oxygens (including phenoxy) is 1. The number of hydrogen-bond acceptors (Lipinski definition) is 5. The van der Waals surface area contributed by atoms with Gasteiger partial charge in [-0.3, -0.25) is 4.79 Å². The highest BCUT2D eigenvalue weighted by Crippen LogP contribution is 2.28. The maximum atomic E-state index is 13.6. The summed E-state index contributed by atoms with van der Waals surface area (Å²) in [6, 6.07) is 11.2. The van der Waals surface area contributed by atoms with Gasteiger partial charge in [-0.2, -0.15) is 0 Å². The number of amides is 1. The molecule has 0 saturated heterocycles. The van der Waals surface area contributed by atoms with Crippen molar-refractivity contribution in [1.82, 2.24) is 10.2 Å². The number of carbonyl (C=O) groups excluding carboxylic acids is 1. The highest BCUT2D eigenvalue weighted by Gasteiger charge is 2.15. The van der Waals surface area contributed by atoms with E-state index in [0.717, 1.165) is 12.1 Å². The number of aromatic nitrogens is 2. The topological polar surface area (TPSA) is 76.1 Å². The molecule has 0 radical (unpaired) electrons. The van der Waals surface area contributed by atoms with Crippen molar-refractivity contribution in [2.75, 3.05) is 17.7 Å². The lowest BCUT2D eigenvalue weighted by Gasteiger charge is -2.09. The quantitative estimate of drug-likeness (QED) is 0.674. The van der Waals surface area contributed by atoms with Crippen LogP contribution in [0.1, 0.15) is 10.5 Å². The number of nitrogens with zero attached hydrogens (tertiary/aromatic N) is 2. The molecule has 9 heteroatoms. The van der Waals surface area contributed by atoms with Crippen LogP contribution in [0.5, 0.6) is 5.75 Å². The van der Waals surface area contributed by atoms with Crippen LogP contribution in [-0.4, -0.2) is 23.2 Å². The Hall–Kier alpha value is -3.26. The summed E-state index contributed by atoms with van der Waals surface area (Å²) < 4.78 is 32.3. The molecule has 0 fully saturated rings. The summed E-state index contributed by atoms with van der Waals surface area (Å²) in [4.78, 5) is 12.1. The van der Waals surface area contributed by atoms with Crippen LogP contribution in [-0.2, 0) is 0 Å². The Balaban J connectivity index is 1.71. The highest BCUT2D eigenvalue weighted by molar-refractivity contribution is 6.32. The van der Waals surface area contributed by atoms with Crippen molar-refractivity contribution in [2.24, 2.45) is 0 Å². The third-order valence-electron chi connectivity index (χ3n) is 3.52. The van der Waals surface area contributed by atoms with Gasteiger partial charge in [0.25, 0.3) is 5.91 Å². The van der Waals surface area contributed by atoms with Crippen LogP contribution in [0.3, 0.4) is 0 Å².